The Bertz CT molecular complexity index is 907. The second-order valence-corrected chi connectivity index (χ2v) is 5.87. The second kappa shape index (κ2) is 8.43. The Morgan fingerprint density at radius 1 is 1.00 bits per heavy atom. The van der Waals surface area contributed by atoms with Crippen molar-refractivity contribution in [1.82, 2.24) is 0 Å². The minimum Gasteiger partial charge on any atom is -1.00 e. The van der Waals surface area contributed by atoms with Gasteiger partial charge in [0.15, 0.2) is 0 Å². The zero-order valence-corrected chi connectivity index (χ0v) is 17.7. The van der Waals surface area contributed by atoms with Crippen LogP contribution in [0.15, 0.2) is 60.7 Å². The molecule has 3 aromatic rings. The van der Waals surface area contributed by atoms with Gasteiger partial charge in [0.25, 0.3) is 0 Å². The van der Waals surface area contributed by atoms with Crippen molar-refractivity contribution in [1.29, 1.82) is 0 Å². The molecule has 1 aliphatic rings. The number of benzene rings is 2. The van der Waals surface area contributed by atoms with Gasteiger partial charge in [-0.3, -0.25) is 0 Å². The van der Waals surface area contributed by atoms with Gasteiger partial charge < -0.3 is 29.7 Å². The number of hydrogen-bond acceptors (Lipinski definition) is 1. The molecule has 0 aromatic heterocycles. The van der Waals surface area contributed by atoms with Gasteiger partial charge in [0.2, 0.25) is 0 Å². The van der Waals surface area contributed by atoms with E-state index in [4.69, 9.17) is 0 Å². The van der Waals surface area contributed by atoms with Crippen LogP contribution in [-0.2, 0) is 26.2 Å². The molecule has 121 valence electrons. The maximum absolute atomic E-state index is 2.34. The van der Waals surface area contributed by atoms with Crippen LogP contribution in [0.25, 0.3) is 27.1 Å². The molecule has 0 saturated carbocycles. The Hall–Kier alpha value is -0.947. The monoisotopic (exact) mass is 432 g/mol. The summed E-state index contributed by atoms with van der Waals surface area (Å²) >= 11 is 0. The van der Waals surface area contributed by atoms with Crippen LogP contribution >= 0.6 is 0 Å². The molecule has 1 aliphatic carbocycles. The summed E-state index contributed by atoms with van der Waals surface area (Å²) in [6.45, 7) is 0. The molecule has 0 heterocycles. The van der Waals surface area contributed by atoms with Gasteiger partial charge in [-0.05, 0) is 6.42 Å². The van der Waals surface area contributed by atoms with Crippen LogP contribution in [0, 0.1) is 0 Å². The van der Waals surface area contributed by atoms with E-state index in [0.717, 1.165) is 6.42 Å². The van der Waals surface area contributed by atoms with Gasteiger partial charge in [-0.15, -0.1) is 28.3 Å². The average molecular weight is 435 g/mol. The van der Waals surface area contributed by atoms with Crippen molar-refractivity contribution in [3.05, 3.63) is 66.3 Å². The quantitative estimate of drug-likeness (QED) is 0.474. The summed E-state index contributed by atoms with van der Waals surface area (Å²) in [5.74, 6) is 0. The first-order valence-corrected chi connectivity index (χ1v) is 7.40. The Labute approximate surface area is 174 Å². The SMILES string of the molecule is CN(C)c1ccc(C2=CC=CC2)c2[cH-]c3ccccc3c12.[Cl-].[Cl-].[Zr+3]. The van der Waals surface area contributed by atoms with E-state index < -0.39 is 0 Å². The zero-order chi connectivity index (χ0) is 14.4. The van der Waals surface area contributed by atoms with Crippen LogP contribution < -0.4 is 29.7 Å². The molecule has 0 aliphatic heterocycles. The van der Waals surface area contributed by atoms with Crippen molar-refractivity contribution in [2.45, 2.75) is 6.42 Å². The molecule has 0 saturated heterocycles. The first-order chi connectivity index (χ1) is 10.3. The maximum atomic E-state index is 2.34. The minimum atomic E-state index is 0. The number of hydrogen-bond donors (Lipinski definition) is 0. The van der Waals surface area contributed by atoms with E-state index >= 15 is 0 Å². The van der Waals surface area contributed by atoms with Crippen molar-refractivity contribution in [2.24, 2.45) is 0 Å². The number of allylic oxidation sites excluding steroid dienone is 4. The van der Waals surface area contributed by atoms with Crippen molar-refractivity contribution in [3.8, 4) is 0 Å². The van der Waals surface area contributed by atoms with E-state index in [1.807, 2.05) is 0 Å². The predicted octanol–water partition coefficient (Wildman–Crippen LogP) is -0.873. The van der Waals surface area contributed by atoms with Crippen LogP contribution in [0.2, 0.25) is 0 Å². The van der Waals surface area contributed by atoms with Gasteiger partial charge in [-0.2, -0.15) is 0 Å². The Kier molecular flexibility index (Phi) is 7.41. The molecule has 4 heteroatoms. The summed E-state index contributed by atoms with van der Waals surface area (Å²) < 4.78 is 0. The molecule has 0 fully saturated rings. The maximum Gasteiger partial charge on any atom is 3.00 e. The molecule has 1 nitrogen and oxygen atoms in total. The minimum absolute atomic E-state index is 0. The standard InChI is InChI=1S/C20H18N.2ClH.Zr/c1-21(2)19-12-11-16(14-7-3-4-8-14)18-13-15-9-5-6-10-17(15)20(18)19;;;/h3-7,9-13H,8H2,1-2H3;2*1H;/q-1;;;+3/p-2. The number of halogens is 2. The van der Waals surface area contributed by atoms with E-state index in [1.165, 1.54) is 38.4 Å². The first-order valence-electron chi connectivity index (χ1n) is 7.40. The molecule has 1 radical (unpaired) electrons. The van der Waals surface area contributed by atoms with Crippen LogP contribution in [0.3, 0.4) is 0 Å². The second-order valence-electron chi connectivity index (χ2n) is 5.87. The molecule has 0 bridgehead atoms. The summed E-state index contributed by atoms with van der Waals surface area (Å²) in [4.78, 5) is 2.21. The van der Waals surface area contributed by atoms with Crippen molar-refractivity contribution in [2.75, 3.05) is 19.0 Å². The fourth-order valence-corrected chi connectivity index (χ4v) is 3.35. The van der Waals surface area contributed by atoms with E-state index in [1.54, 1.807) is 0 Å². The third-order valence-electron chi connectivity index (χ3n) is 4.35. The molecular weight excluding hydrogens is 416 g/mol. The van der Waals surface area contributed by atoms with E-state index in [-0.39, 0.29) is 51.0 Å². The van der Waals surface area contributed by atoms with Gasteiger partial charge >= 0.3 is 26.2 Å². The van der Waals surface area contributed by atoms with Gasteiger partial charge in [0, 0.05) is 19.8 Å². The van der Waals surface area contributed by atoms with E-state index in [0.29, 0.717) is 0 Å². The van der Waals surface area contributed by atoms with Gasteiger partial charge in [0.1, 0.15) is 0 Å². The Balaban J connectivity index is 0.000000960. The fraction of sp³-hybridized carbons (Fsp3) is 0.150. The Morgan fingerprint density at radius 3 is 2.42 bits per heavy atom. The smallest absolute Gasteiger partial charge is 1.00 e. The summed E-state index contributed by atoms with van der Waals surface area (Å²) in [5.41, 5.74) is 4.08. The zero-order valence-electron chi connectivity index (χ0n) is 13.7. The number of fused-ring (bicyclic) bond motifs is 3. The summed E-state index contributed by atoms with van der Waals surface area (Å²) in [5, 5.41) is 5.43. The van der Waals surface area contributed by atoms with Crippen LogP contribution in [0.5, 0.6) is 0 Å². The van der Waals surface area contributed by atoms with Crippen molar-refractivity contribution in [3.63, 3.8) is 0 Å². The summed E-state index contributed by atoms with van der Waals surface area (Å²) in [6.07, 6.45) is 7.66. The third-order valence-corrected chi connectivity index (χ3v) is 4.35. The largest absolute Gasteiger partial charge is 3.00 e. The summed E-state index contributed by atoms with van der Waals surface area (Å²) in [6, 6.07) is 15.6. The molecule has 4 rings (SSSR count). The predicted molar refractivity (Wildman–Crippen MR) is 93.1 cm³/mol. The van der Waals surface area contributed by atoms with Crippen LogP contribution in [0.4, 0.5) is 5.69 Å². The topological polar surface area (TPSA) is 3.24 Å². The van der Waals surface area contributed by atoms with Gasteiger partial charge in [-0.1, -0.05) is 65.1 Å². The molecule has 0 atom stereocenters. The summed E-state index contributed by atoms with van der Waals surface area (Å²) in [7, 11) is 4.24. The van der Waals surface area contributed by atoms with Gasteiger partial charge in [0.05, 0.1) is 0 Å². The molecule has 0 unspecified atom stereocenters. The van der Waals surface area contributed by atoms with E-state index in [2.05, 4.69) is 79.7 Å². The average Bonchev–Trinajstić information content (AvgIpc) is 3.13. The Morgan fingerprint density at radius 2 is 1.75 bits per heavy atom. The molecule has 0 amide bonds. The van der Waals surface area contributed by atoms with E-state index in [9.17, 15) is 0 Å². The normalized spacial score (nSPS) is 12.3. The molecular formula is C20H18Cl2NZr. The number of anilines is 1. The molecule has 0 spiro atoms. The van der Waals surface area contributed by atoms with Crippen molar-refractivity contribution >= 4 is 32.8 Å². The number of nitrogens with zero attached hydrogens (tertiary/aromatic N) is 1. The van der Waals surface area contributed by atoms with Gasteiger partial charge in [-0.25, -0.2) is 0 Å². The first kappa shape index (κ1) is 21.1. The third kappa shape index (κ3) is 3.38. The van der Waals surface area contributed by atoms with Crippen molar-refractivity contribution < 1.29 is 51.0 Å². The van der Waals surface area contributed by atoms with Crippen LogP contribution in [0.1, 0.15) is 12.0 Å². The molecule has 3 aromatic carbocycles. The molecule has 24 heavy (non-hydrogen) atoms. The molecule has 0 N–H and O–H groups in total. The fourth-order valence-electron chi connectivity index (χ4n) is 3.35. The van der Waals surface area contributed by atoms with Crippen LogP contribution in [-0.4, -0.2) is 14.1 Å². The number of rotatable bonds is 2.